The van der Waals surface area contributed by atoms with E-state index in [9.17, 15) is 0 Å². The van der Waals surface area contributed by atoms with Crippen molar-refractivity contribution in [3.8, 4) is 0 Å². The number of thiol groups is 1. The molecule has 0 aromatic carbocycles. The predicted octanol–water partition coefficient (Wildman–Crippen LogP) is 6.38. The Hall–Kier alpha value is 2.51. The Morgan fingerprint density at radius 1 is 0.650 bits per heavy atom. The van der Waals surface area contributed by atoms with Gasteiger partial charge in [-0.3, -0.25) is 0 Å². The van der Waals surface area contributed by atoms with Crippen LogP contribution >= 0.6 is 17.1 Å². The molecule has 0 aliphatic heterocycles. The van der Waals surface area contributed by atoms with Crippen LogP contribution in [0.4, 0.5) is 0 Å². The van der Waals surface area contributed by atoms with Gasteiger partial charge in [-0.2, -0.15) is 10.5 Å². The summed E-state index contributed by atoms with van der Waals surface area (Å²) in [7, 11) is 0.180. The SMILES string of the molecule is CCCCCCCC[SH](CCCCCCCC)P=S.[KH]. The Morgan fingerprint density at radius 3 is 1.35 bits per heavy atom. The average molecular weight is 363 g/mol. The molecule has 0 aromatic heterocycles. The van der Waals surface area contributed by atoms with Crippen LogP contribution in [-0.4, -0.2) is 62.9 Å². The number of unbranched alkanes of at least 4 members (excludes halogenated alkanes) is 10. The van der Waals surface area contributed by atoms with E-state index in [-0.39, 0.29) is 61.9 Å². The minimum absolute atomic E-state index is 0. The molecular weight excluding hydrogens is 326 g/mol. The molecule has 0 atom stereocenters. The van der Waals surface area contributed by atoms with Crippen molar-refractivity contribution >= 4 is 80.3 Å². The Bertz CT molecular complexity index is 175. The summed E-state index contributed by atoms with van der Waals surface area (Å²) in [5.74, 6) is 2.89. The zero-order chi connectivity index (χ0) is 14.2. The molecule has 0 rings (SSSR count). The van der Waals surface area contributed by atoms with E-state index in [0.29, 0.717) is 0 Å². The van der Waals surface area contributed by atoms with Crippen molar-refractivity contribution in [2.24, 2.45) is 0 Å². The van der Waals surface area contributed by atoms with Gasteiger partial charge in [0.05, 0.1) is 0 Å². The summed E-state index contributed by atoms with van der Waals surface area (Å²) in [6, 6.07) is 0. The fourth-order valence-corrected chi connectivity index (χ4v) is 6.72. The fourth-order valence-electron chi connectivity index (χ4n) is 2.34. The molecule has 0 spiro atoms. The summed E-state index contributed by atoms with van der Waals surface area (Å²) < 4.78 is 0. The summed E-state index contributed by atoms with van der Waals surface area (Å²) in [6.07, 6.45) is 17.1. The molecule has 0 nitrogen and oxygen atoms in total. The molecule has 0 fully saturated rings. The summed E-state index contributed by atoms with van der Waals surface area (Å²) >= 11 is 5.31. The van der Waals surface area contributed by atoms with E-state index in [1.807, 2.05) is 0 Å². The molecule has 20 heavy (non-hydrogen) atoms. The van der Waals surface area contributed by atoms with Crippen LogP contribution in [-0.2, 0) is 11.8 Å². The van der Waals surface area contributed by atoms with Crippen molar-refractivity contribution in [1.82, 2.24) is 0 Å². The predicted molar refractivity (Wildman–Crippen MR) is 107 cm³/mol. The molecule has 118 valence electrons. The molecule has 0 heterocycles. The van der Waals surface area contributed by atoms with Gasteiger partial charge in [0.2, 0.25) is 0 Å². The normalized spacial score (nSPS) is 11.4. The number of hydrogen-bond donors (Lipinski definition) is 1. The van der Waals surface area contributed by atoms with Gasteiger partial charge in [0.25, 0.3) is 0 Å². The van der Waals surface area contributed by atoms with Gasteiger partial charge in [-0.05, 0) is 36.2 Å². The topological polar surface area (TPSA) is 0 Å². The van der Waals surface area contributed by atoms with Gasteiger partial charge in [0.1, 0.15) is 0 Å². The van der Waals surface area contributed by atoms with E-state index in [4.69, 9.17) is 11.8 Å². The molecular formula is C16H36KPS2. The Balaban J connectivity index is 0. The van der Waals surface area contributed by atoms with Crippen molar-refractivity contribution in [3.05, 3.63) is 0 Å². The molecule has 0 aliphatic rings. The molecule has 0 radical (unpaired) electrons. The fraction of sp³-hybridized carbons (Fsp3) is 1.00. The first-order valence-corrected chi connectivity index (χ1v) is 12.8. The summed E-state index contributed by atoms with van der Waals surface area (Å²) in [5, 5.41) is 0. The number of rotatable bonds is 15. The third-order valence-corrected chi connectivity index (χ3v) is 9.52. The zero-order valence-corrected chi connectivity index (χ0v) is 15.8. The van der Waals surface area contributed by atoms with Crippen LogP contribution in [0.5, 0.6) is 0 Å². The Morgan fingerprint density at radius 2 is 1.00 bits per heavy atom. The first-order chi connectivity index (χ1) is 9.35. The van der Waals surface area contributed by atoms with Crippen molar-refractivity contribution in [3.63, 3.8) is 0 Å². The maximum atomic E-state index is 5.31. The molecule has 0 saturated heterocycles. The van der Waals surface area contributed by atoms with E-state index in [1.54, 1.807) is 0 Å². The second-order valence-corrected chi connectivity index (χ2v) is 11.3. The average Bonchev–Trinajstić information content (AvgIpc) is 2.44. The van der Waals surface area contributed by atoms with Gasteiger partial charge >= 0.3 is 51.4 Å². The van der Waals surface area contributed by atoms with Gasteiger partial charge in [-0.15, -0.1) is 0 Å². The van der Waals surface area contributed by atoms with E-state index in [0.717, 1.165) is 0 Å². The van der Waals surface area contributed by atoms with Crippen LogP contribution in [0.15, 0.2) is 0 Å². The van der Waals surface area contributed by atoms with E-state index >= 15 is 0 Å². The van der Waals surface area contributed by atoms with E-state index in [1.165, 1.54) is 95.1 Å². The van der Waals surface area contributed by atoms with Crippen molar-refractivity contribution in [1.29, 1.82) is 0 Å². The molecule has 4 heteroatoms. The van der Waals surface area contributed by atoms with Crippen LogP contribution in [0, 0.1) is 0 Å². The quantitative estimate of drug-likeness (QED) is 0.152. The first-order valence-electron chi connectivity index (χ1n) is 8.43. The van der Waals surface area contributed by atoms with Crippen LogP contribution in [0.3, 0.4) is 0 Å². The minimum atomic E-state index is 0. The van der Waals surface area contributed by atoms with Crippen molar-refractivity contribution < 1.29 is 0 Å². The van der Waals surface area contributed by atoms with Gasteiger partial charge < -0.3 is 0 Å². The summed E-state index contributed by atoms with van der Waals surface area (Å²) in [4.78, 5) is 0. The number of hydrogen-bond acceptors (Lipinski definition) is 1. The Kier molecular flexibility index (Phi) is 26.6. The van der Waals surface area contributed by atoms with Crippen LogP contribution in [0.1, 0.15) is 90.9 Å². The maximum absolute atomic E-state index is 5.31. The third kappa shape index (κ3) is 18.6. The molecule has 0 amide bonds. The monoisotopic (exact) mass is 362 g/mol. The molecule has 0 N–H and O–H groups in total. The van der Waals surface area contributed by atoms with Gasteiger partial charge in [-0.1, -0.05) is 78.1 Å². The first kappa shape index (κ1) is 24.8. The van der Waals surface area contributed by atoms with Crippen LogP contribution in [0.25, 0.3) is 0 Å². The molecule has 0 unspecified atom stereocenters. The summed E-state index contributed by atoms with van der Waals surface area (Å²) in [5.41, 5.74) is 0. The Labute approximate surface area is 180 Å². The van der Waals surface area contributed by atoms with E-state index < -0.39 is 0 Å². The van der Waals surface area contributed by atoms with Crippen molar-refractivity contribution in [2.45, 2.75) is 90.9 Å². The van der Waals surface area contributed by atoms with Gasteiger partial charge in [0.15, 0.2) is 0 Å². The summed E-state index contributed by atoms with van der Waals surface area (Å²) in [6.45, 7) is 5.86. The molecule has 0 aromatic rings. The third-order valence-electron chi connectivity index (χ3n) is 3.66. The standard InChI is InChI=1S/C16H35PS2.K.H/c1-3-5-7-9-11-13-15-19(17-18)16-14-12-10-8-6-4-2;;/h19H,3-16H2,1-2H3;;. The zero-order valence-electron chi connectivity index (χ0n) is 13.2. The van der Waals surface area contributed by atoms with Crippen molar-refractivity contribution in [2.75, 3.05) is 11.5 Å². The van der Waals surface area contributed by atoms with Crippen LogP contribution in [0.2, 0.25) is 0 Å². The second kappa shape index (κ2) is 21.5. The van der Waals surface area contributed by atoms with Crippen LogP contribution < -0.4 is 0 Å². The molecule has 0 bridgehead atoms. The molecule has 0 saturated carbocycles. The van der Waals surface area contributed by atoms with E-state index in [2.05, 4.69) is 13.8 Å². The van der Waals surface area contributed by atoms with Gasteiger partial charge in [-0.25, -0.2) is 0 Å². The molecule has 0 aliphatic carbocycles. The van der Waals surface area contributed by atoms with Gasteiger partial charge in [0, 0.05) is 6.56 Å². The second-order valence-electron chi connectivity index (χ2n) is 5.57.